The van der Waals surface area contributed by atoms with Crippen LogP contribution >= 0.6 is 11.8 Å². The summed E-state index contributed by atoms with van der Waals surface area (Å²) >= 11 is 1.23. The van der Waals surface area contributed by atoms with E-state index >= 15 is 0 Å². The van der Waals surface area contributed by atoms with Crippen LogP contribution in [0.2, 0.25) is 0 Å². The number of thioether (sulfide) groups is 1. The molecule has 8 nitrogen and oxygen atoms in total. The zero-order chi connectivity index (χ0) is 23.4. The third-order valence-corrected chi connectivity index (χ3v) is 5.81. The third kappa shape index (κ3) is 4.99. The summed E-state index contributed by atoms with van der Waals surface area (Å²) in [5.41, 5.74) is 12.7. The van der Waals surface area contributed by atoms with Crippen LogP contribution in [-0.4, -0.2) is 33.7 Å². The predicted octanol–water partition coefficient (Wildman–Crippen LogP) is 3.23. The number of hydrogen-bond acceptors (Lipinski definition) is 6. The lowest BCUT2D eigenvalue weighted by Crippen LogP contribution is -2.19. The van der Waals surface area contributed by atoms with Crippen LogP contribution in [0.5, 0.6) is 0 Å². The fourth-order valence-electron chi connectivity index (χ4n) is 3.31. The topological polar surface area (TPSA) is 141 Å². The number of benzene rings is 3. The number of carbonyl (C=O) groups excluding carboxylic acids is 3. The van der Waals surface area contributed by atoms with Crippen molar-refractivity contribution in [1.82, 2.24) is 10.2 Å². The van der Waals surface area contributed by atoms with Crippen LogP contribution in [0.25, 0.3) is 22.0 Å². The Labute approximate surface area is 193 Å². The summed E-state index contributed by atoms with van der Waals surface area (Å²) in [6.07, 6.45) is 0. The van der Waals surface area contributed by atoms with E-state index in [4.69, 9.17) is 11.5 Å². The molecule has 0 unspecified atom stereocenters. The van der Waals surface area contributed by atoms with Gasteiger partial charge in [-0.3, -0.25) is 14.4 Å². The molecular weight excluding hydrogens is 438 g/mol. The molecule has 33 heavy (non-hydrogen) atoms. The van der Waals surface area contributed by atoms with E-state index in [2.05, 4.69) is 15.5 Å². The molecule has 3 amide bonds. The number of primary amides is 2. The average molecular weight is 458 g/mol. The second-order valence-electron chi connectivity index (χ2n) is 7.13. The summed E-state index contributed by atoms with van der Waals surface area (Å²) in [6.45, 7) is 0. The van der Waals surface area contributed by atoms with Gasteiger partial charge in [0.25, 0.3) is 0 Å². The molecule has 164 valence electrons. The van der Waals surface area contributed by atoms with E-state index in [-0.39, 0.29) is 28.5 Å². The van der Waals surface area contributed by atoms with Crippen molar-refractivity contribution in [1.29, 1.82) is 0 Å². The van der Waals surface area contributed by atoms with Crippen molar-refractivity contribution in [2.24, 2.45) is 11.5 Å². The van der Waals surface area contributed by atoms with Crippen molar-refractivity contribution in [3.8, 4) is 11.3 Å². The van der Waals surface area contributed by atoms with E-state index < -0.39 is 11.8 Å². The first-order chi connectivity index (χ1) is 15.9. The number of fused-ring (bicyclic) bond motifs is 1. The second-order valence-corrected chi connectivity index (χ2v) is 8.09. The molecule has 0 aliphatic heterocycles. The Morgan fingerprint density at radius 2 is 1.39 bits per heavy atom. The first-order valence-electron chi connectivity index (χ1n) is 9.90. The van der Waals surface area contributed by atoms with E-state index in [0.717, 1.165) is 22.0 Å². The lowest BCUT2D eigenvalue weighted by atomic mass is 10.1. The maximum Gasteiger partial charge on any atom is 0.248 e. The lowest BCUT2D eigenvalue weighted by Gasteiger charge is -2.10. The Morgan fingerprint density at radius 1 is 0.788 bits per heavy atom. The molecule has 0 saturated carbocycles. The lowest BCUT2D eigenvalue weighted by molar-refractivity contribution is -0.113. The number of nitrogens with zero attached hydrogens (tertiary/aromatic N) is 2. The number of rotatable bonds is 7. The van der Waals surface area contributed by atoms with Gasteiger partial charge in [0.15, 0.2) is 0 Å². The monoisotopic (exact) mass is 457 g/mol. The van der Waals surface area contributed by atoms with Crippen molar-refractivity contribution in [2.75, 3.05) is 11.1 Å². The van der Waals surface area contributed by atoms with Crippen LogP contribution in [0.15, 0.2) is 77.8 Å². The molecule has 1 aromatic heterocycles. The van der Waals surface area contributed by atoms with Crippen molar-refractivity contribution in [3.05, 3.63) is 83.9 Å². The highest BCUT2D eigenvalue weighted by molar-refractivity contribution is 8.00. The number of nitrogens with two attached hydrogens (primary N) is 2. The summed E-state index contributed by atoms with van der Waals surface area (Å²) in [7, 11) is 0. The van der Waals surface area contributed by atoms with Crippen molar-refractivity contribution < 1.29 is 14.4 Å². The number of hydrogen-bond donors (Lipinski definition) is 3. The van der Waals surface area contributed by atoms with Gasteiger partial charge in [0.1, 0.15) is 10.7 Å². The van der Waals surface area contributed by atoms with Gasteiger partial charge in [0, 0.05) is 33.2 Å². The molecule has 9 heteroatoms. The van der Waals surface area contributed by atoms with Gasteiger partial charge in [-0.2, -0.15) is 0 Å². The Hall–Kier alpha value is -4.24. The summed E-state index contributed by atoms with van der Waals surface area (Å²) in [5, 5.41) is 13.8. The summed E-state index contributed by atoms with van der Waals surface area (Å²) < 4.78 is 0. The molecule has 5 N–H and O–H groups in total. The third-order valence-electron chi connectivity index (χ3n) is 4.83. The minimum Gasteiger partial charge on any atom is -0.366 e. The average Bonchev–Trinajstić information content (AvgIpc) is 2.82. The molecule has 0 bridgehead atoms. The number of nitrogens with one attached hydrogen (secondary N) is 1. The first-order valence-corrected chi connectivity index (χ1v) is 10.9. The minimum atomic E-state index is -0.733. The smallest absolute Gasteiger partial charge is 0.248 e. The van der Waals surface area contributed by atoms with Crippen LogP contribution in [-0.2, 0) is 4.79 Å². The normalized spacial score (nSPS) is 10.7. The molecule has 0 spiro atoms. The Morgan fingerprint density at radius 3 is 2.03 bits per heavy atom. The molecule has 0 aliphatic rings. The van der Waals surface area contributed by atoms with E-state index in [1.807, 2.05) is 54.6 Å². The molecule has 3 aromatic carbocycles. The van der Waals surface area contributed by atoms with E-state index in [0.29, 0.717) is 5.03 Å². The molecule has 0 saturated heterocycles. The number of amides is 3. The van der Waals surface area contributed by atoms with Gasteiger partial charge in [0.2, 0.25) is 17.7 Å². The predicted molar refractivity (Wildman–Crippen MR) is 128 cm³/mol. The molecule has 4 rings (SSSR count). The number of aromatic nitrogens is 2. The van der Waals surface area contributed by atoms with Gasteiger partial charge in [0.05, 0.1) is 5.75 Å². The van der Waals surface area contributed by atoms with Crippen LogP contribution in [0.1, 0.15) is 20.7 Å². The maximum atomic E-state index is 12.6. The van der Waals surface area contributed by atoms with Gasteiger partial charge in [-0.15, -0.1) is 10.2 Å². The van der Waals surface area contributed by atoms with Crippen molar-refractivity contribution in [3.63, 3.8) is 0 Å². The minimum absolute atomic E-state index is 0.0378. The molecular formula is C24H19N5O3S. The molecule has 0 aliphatic carbocycles. The Kier molecular flexibility index (Phi) is 6.32. The maximum absolute atomic E-state index is 12.6. The Bertz CT molecular complexity index is 1340. The second kappa shape index (κ2) is 9.49. The zero-order valence-corrected chi connectivity index (χ0v) is 18.1. The number of anilines is 1. The summed E-state index contributed by atoms with van der Waals surface area (Å²) in [6, 6.07) is 21.6. The Balaban J connectivity index is 1.54. The highest BCUT2D eigenvalue weighted by atomic mass is 32.2. The van der Waals surface area contributed by atoms with E-state index in [9.17, 15) is 14.4 Å². The van der Waals surface area contributed by atoms with Gasteiger partial charge < -0.3 is 16.8 Å². The van der Waals surface area contributed by atoms with Crippen LogP contribution < -0.4 is 16.8 Å². The van der Waals surface area contributed by atoms with Crippen LogP contribution in [0, 0.1) is 0 Å². The fourth-order valence-corrected chi connectivity index (χ4v) is 4.08. The van der Waals surface area contributed by atoms with Gasteiger partial charge in [-0.25, -0.2) is 0 Å². The molecule has 1 heterocycles. The van der Waals surface area contributed by atoms with Gasteiger partial charge in [-0.05, 0) is 18.2 Å². The quantitative estimate of drug-likeness (QED) is 0.364. The van der Waals surface area contributed by atoms with Gasteiger partial charge >= 0.3 is 0 Å². The zero-order valence-electron chi connectivity index (χ0n) is 17.3. The molecule has 0 atom stereocenters. The van der Waals surface area contributed by atoms with Crippen molar-refractivity contribution >= 4 is 45.9 Å². The SMILES string of the molecule is NC(=O)c1cc(NC(=O)CSc2nnc(-c3ccccc3)c3ccccc23)cc(C(N)=O)c1. The van der Waals surface area contributed by atoms with Crippen LogP contribution in [0.4, 0.5) is 5.69 Å². The summed E-state index contributed by atoms with van der Waals surface area (Å²) in [5.74, 6) is -1.78. The fraction of sp³-hybridized carbons (Fsp3) is 0.0417. The van der Waals surface area contributed by atoms with Crippen LogP contribution in [0.3, 0.4) is 0 Å². The number of carbonyl (C=O) groups is 3. The van der Waals surface area contributed by atoms with Gasteiger partial charge in [-0.1, -0.05) is 66.4 Å². The standard InChI is InChI=1S/C24H19N5O3S/c25-22(31)15-10-16(23(26)32)12-17(11-15)27-20(30)13-33-24-19-9-5-4-8-18(19)21(28-29-24)14-6-2-1-3-7-14/h1-12H,13H2,(H2,25,31)(H2,26,32)(H,27,30). The van der Waals surface area contributed by atoms with E-state index in [1.165, 1.54) is 30.0 Å². The highest BCUT2D eigenvalue weighted by Crippen LogP contribution is 2.31. The molecule has 0 fully saturated rings. The van der Waals surface area contributed by atoms with Crippen molar-refractivity contribution in [2.45, 2.75) is 5.03 Å². The molecule has 0 radical (unpaired) electrons. The molecule has 4 aromatic rings. The summed E-state index contributed by atoms with van der Waals surface area (Å²) in [4.78, 5) is 35.6. The largest absolute Gasteiger partial charge is 0.366 e. The highest BCUT2D eigenvalue weighted by Gasteiger charge is 2.14. The van der Waals surface area contributed by atoms with E-state index in [1.54, 1.807) is 0 Å². The first kappa shape index (κ1) is 22.0.